The molecule has 5 nitrogen and oxygen atoms in total. The molecule has 2 aliphatic rings. The van der Waals surface area contributed by atoms with Gasteiger partial charge in [-0.2, -0.15) is 0 Å². The van der Waals surface area contributed by atoms with E-state index in [0.29, 0.717) is 12.8 Å². The van der Waals surface area contributed by atoms with Gasteiger partial charge in [-0.25, -0.2) is 0 Å². The Morgan fingerprint density at radius 2 is 2.00 bits per heavy atom. The van der Waals surface area contributed by atoms with E-state index in [-0.39, 0.29) is 0 Å². The first kappa shape index (κ1) is 9.45. The van der Waals surface area contributed by atoms with Crippen molar-refractivity contribution in [3.63, 3.8) is 0 Å². The molecule has 2 rings (SSSR count). The third-order valence-corrected chi connectivity index (χ3v) is 3.47. The lowest BCUT2D eigenvalue weighted by Gasteiger charge is -2.31. The standard InChI is InChI=1S/C9H12O5/c1-9(8(12)13)5-3-2-4(14-5)6(9)7(10)11/h4-6H,2-3H2,1H3,(H,10,11)(H,12,13)/t4?,5-,6?,9?/m1/s1. The van der Waals surface area contributed by atoms with Crippen LogP contribution in [0.1, 0.15) is 19.8 Å². The monoisotopic (exact) mass is 200 g/mol. The predicted molar refractivity (Wildman–Crippen MR) is 44.8 cm³/mol. The molecule has 2 fully saturated rings. The van der Waals surface area contributed by atoms with Gasteiger partial charge in [-0.3, -0.25) is 9.59 Å². The number of hydrogen-bond acceptors (Lipinski definition) is 3. The minimum atomic E-state index is -1.26. The van der Waals surface area contributed by atoms with Crippen molar-refractivity contribution in [1.82, 2.24) is 0 Å². The zero-order valence-electron chi connectivity index (χ0n) is 7.77. The molecule has 3 unspecified atom stereocenters. The first-order valence-electron chi connectivity index (χ1n) is 4.59. The fraction of sp³-hybridized carbons (Fsp3) is 0.778. The Hall–Kier alpha value is -1.10. The molecule has 5 heteroatoms. The fourth-order valence-corrected chi connectivity index (χ4v) is 2.62. The number of fused-ring (bicyclic) bond motifs is 2. The van der Waals surface area contributed by atoms with Gasteiger partial charge in [0.15, 0.2) is 0 Å². The number of rotatable bonds is 2. The maximum atomic E-state index is 11.1. The summed E-state index contributed by atoms with van der Waals surface area (Å²) in [5, 5.41) is 18.0. The van der Waals surface area contributed by atoms with Crippen LogP contribution in [0.5, 0.6) is 0 Å². The number of carbonyl (C=O) groups is 2. The van der Waals surface area contributed by atoms with Gasteiger partial charge in [-0.1, -0.05) is 0 Å². The highest BCUT2D eigenvalue weighted by atomic mass is 16.5. The molecule has 0 spiro atoms. The van der Waals surface area contributed by atoms with E-state index in [4.69, 9.17) is 14.9 Å². The molecule has 2 heterocycles. The van der Waals surface area contributed by atoms with Gasteiger partial charge in [-0.15, -0.1) is 0 Å². The molecule has 78 valence electrons. The highest BCUT2D eigenvalue weighted by Gasteiger charge is 2.64. The summed E-state index contributed by atoms with van der Waals surface area (Å²) < 4.78 is 5.36. The minimum absolute atomic E-state index is 0.418. The Morgan fingerprint density at radius 1 is 1.36 bits per heavy atom. The summed E-state index contributed by atoms with van der Waals surface area (Å²) in [6.45, 7) is 1.47. The van der Waals surface area contributed by atoms with Crippen LogP contribution < -0.4 is 0 Å². The largest absolute Gasteiger partial charge is 0.481 e. The Morgan fingerprint density at radius 3 is 2.43 bits per heavy atom. The summed E-state index contributed by atoms with van der Waals surface area (Å²) in [5.74, 6) is -3.04. The molecule has 0 aromatic heterocycles. The lowest BCUT2D eigenvalue weighted by Crippen LogP contribution is -2.47. The number of carboxylic acid groups (broad SMARTS) is 2. The van der Waals surface area contributed by atoms with Crippen molar-refractivity contribution in [2.45, 2.75) is 32.0 Å². The van der Waals surface area contributed by atoms with Crippen LogP contribution in [-0.4, -0.2) is 34.4 Å². The van der Waals surface area contributed by atoms with Crippen LogP contribution in [0.3, 0.4) is 0 Å². The normalized spacial score (nSPS) is 45.4. The van der Waals surface area contributed by atoms with Crippen LogP contribution in [0.15, 0.2) is 0 Å². The third-order valence-electron chi connectivity index (χ3n) is 3.47. The Bertz CT molecular complexity index is 300. The van der Waals surface area contributed by atoms with Gasteiger partial charge in [0.25, 0.3) is 0 Å². The quantitative estimate of drug-likeness (QED) is 0.671. The number of hydrogen-bond donors (Lipinski definition) is 2. The van der Waals surface area contributed by atoms with Crippen molar-refractivity contribution in [3.05, 3.63) is 0 Å². The molecule has 2 saturated heterocycles. The summed E-state index contributed by atoms with van der Waals surface area (Å²) in [7, 11) is 0. The predicted octanol–water partition coefficient (Wildman–Crippen LogP) is 0.339. The van der Waals surface area contributed by atoms with Crippen molar-refractivity contribution >= 4 is 11.9 Å². The second-order valence-electron chi connectivity index (χ2n) is 4.14. The fourth-order valence-electron chi connectivity index (χ4n) is 2.62. The van der Waals surface area contributed by atoms with E-state index >= 15 is 0 Å². The topological polar surface area (TPSA) is 83.8 Å². The smallest absolute Gasteiger partial charge is 0.312 e. The molecular weight excluding hydrogens is 188 g/mol. The first-order valence-corrected chi connectivity index (χ1v) is 4.59. The van der Waals surface area contributed by atoms with Gasteiger partial charge in [0, 0.05) is 0 Å². The molecule has 14 heavy (non-hydrogen) atoms. The molecular formula is C9H12O5. The third kappa shape index (κ3) is 0.930. The Labute approximate surface area is 80.7 Å². The second kappa shape index (κ2) is 2.70. The highest BCUT2D eigenvalue weighted by molar-refractivity contribution is 5.85. The van der Waals surface area contributed by atoms with E-state index in [2.05, 4.69) is 0 Å². The maximum Gasteiger partial charge on any atom is 0.312 e. The molecule has 0 amide bonds. The van der Waals surface area contributed by atoms with Crippen LogP contribution >= 0.6 is 0 Å². The van der Waals surface area contributed by atoms with Crippen LogP contribution in [0.2, 0.25) is 0 Å². The Balaban J connectivity index is 2.39. The molecule has 0 aliphatic carbocycles. The summed E-state index contributed by atoms with van der Waals surface area (Å²) in [6.07, 6.45) is 0.451. The average molecular weight is 200 g/mol. The van der Waals surface area contributed by atoms with Crippen molar-refractivity contribution < 1.29 is 24.5 Å². The molecule has 2 aliphatic heterocycles. The highest BCUT2D eigenvalue weighted by Crippen LogP contribution is 2.51. The summed E-state index contributed by atoms with van der Waals surface area (Å²) >= 11 is 0. The van der Waals surface area contributed by atoms with E-state index in [9.17, 15) is 9.59 Å². The Kier molecular flexibility index (Phi) is 1.82. The molecule has 4 atom stereocenters. The number of ether oxygens (including phenoxy) is 1. The zero-order chi connectivity index (χ0) is 10.5. The summed E-state index contributed by atoms with van der Waals surface area (Å²) in [6, 6.07) is 0. The molecule has 0 radical (unpaired) electrons. The SMILES string of the molecule is CC1(C(=O)O)C(C(=O)O)C2CC[C@H]1O2. The summed E-state index contributed by atoms with van der Waals surface area (Å²) in [5.41, 5.74) is -1.26. The second-order valence-corrected chi connectivity index (χ2v) is 4.14. The van der Waals surface area contributed by atoms with Crippen molar-refractivity contribution in [3.8, 4) is 0 Å². The van der Waals surface area contributed by atoms with Gasteiger partial charge in [0.05, 0.1) is 12.2 Å². The molecule has 2 bridgehead atoms. The molecule has 0 aromatic carbocycles. The van der Waals surface area contributed by atoms with Crippen LogP contribution in [0, 0.1) is 11.3 Å². The van der Waals surface area contributed by atoms with Gasteiger partial charge in [0.1, 0.15) is 11.3 Å². The molecule has 0 aromatic rings. The average Bonchev–Trinajstić information content (AvgIpc) is 2.61. The number of carboxylic acids is 2. The lowest BCUT2D eigenvalue weighted by molar-refractivity contribution is -0.162. The first-order chi connectivity index (χ1) is 6.48. The van der Waals surface area contributed by atoms with Gasteiger partial charge >= 0.3 is 11.9 Å². The lowest BCUT2D eigenvalue weighted by atomic mass is 9.67. The van der Waals surface area contributed by atoms with Gasteiger partial charge in [0.2, 0.25) is 0 Å². The maximum absolute atomic E-state index is 11.1. The van der Waals surface area contributed by atoms with Crippen molar-refractivity contribution in [1.29, 1.82) is 0 Å². The zero-order valence-corrected chi connectivity index (χ0v) is 7.77. The van der Waals surface area contributed by atoms with Crippen LogP contribution in [0.25, 0.3) is 0 Å². The van der Waals surface area contributed by atoms with E-state index < -0.39 is 35.5 Å². The van der Waals surface area contributed by atoms with Crippen molar-refractivity contribution in [2.24, 2.45) is 11.3 Å². The van der Waals surface area contributed by atoms with E-state index in [1.807, 2.05) is 0 Å². The van der Waals surface area contributed by atoms with Crippen molar-refractivity contribution in [2.75, 3.05) is 0 Å². The molecule has 2 N–H and O–H groups in total. The molecule has 0 saturated carbocycles. The van der Waals surface area contributed by atoms with E-state index in [1.54, 1.807) is 0 Å². The van der Waals surface area contributed by atoms with E-state index in [0.717, 1.165) is 0 Å². The van der Waals surface area contributed by atoms with Crippen LogP contribution in [0.4, 0.5) is 0 Å². The minimum Gasteiger partial charge on any atom is -0.481 e. The van der Waals surface area contributed by atoms with E-state index in [1.165, 1.54) is 6.92 Å². The van der Waals surface area contributed by atoms with Gasteiger partial charge < -0.3 is 14.9 Å². The summed E-state index contributed by atoms with van der Waals surface area (Å²) in [4.78, 5) is 22.1. The van der Waals surface area contributed by atoms with Crippen LogP contribution in [-0.2, 0) is 14.3 Å². The van der Waals surface area contributed by atoms with Gasteiger partial charge in [-0.05, 0) is 19.8 Å². The number of aliphatic carboxylic acids is 2.